The molecule has 7 heteroatoms. The van der Waals surface area contributed by atoms with Gasteiger partial charge in [-0.1, -0.05) is 71.7 Å². The third-order valence-corrected chi connectivity index (χ3v) is 6.96. The molecule has 0 aliphatic heterocycles. The summed E-state index contributed by atoms with van der Waals surface area (Å²) in [6.45, 7) is 2.06. The lowest BCUT2D eigenvalue weighted by Gasteiger charge is -2.23. The van der Waals surface area contributed by atoms with Crippen molar-refractivity contribution in [1.29, 1.82) is 0 Å². The van der Waals surface area contributed by atoms with Crippen LogP contribution < -0.4 is 5.32 Å². The lowest BCUT2D eigenvalue weighted by Crippen LogP contribution is -2.36. The largest absolute Gasteiger partial charge is 0.360 e. The fourth-order valence-electron chi connectivity index (χ4n) is 4.56. The molecule has 0 saturated heterocycles. The number of Topliss-reactive ketones (excluding diaryl/α,β-unsaturated/α-hetero) is 1. The number of carbonyl (C=O) groups is 1. The summed E-state index contributed by atoms with van der Waals surface area (Å²) in [4.78, 5) is 17.2. The molecule has 2 aromatic heterocycles. The van der Waals surface area contributed by atoms with E-state index in [1.807, 2.05) is 74.0 Å². The predicted molar refractivity (Wildman–Crippen MR) is 147 cm³/mol. The molecular formula is C29H26Cl2N4O. The first kappa shape index (κ1) is 24.3. The number of halogens is 2. The van der Waals surface area contributed by atoms with Gasteiger partial charge in [0.05, 0.1) is 12.2 Å². The normalized spacial score (nSPS) is 13.1. The zero-order valence-electron chi connectivity index (χ0n) is 20.0. The smallest absolute Gasteiger partial charge is 0.186 e. The van der Waals surface area contributed by atoms with Crippen molar-refractivity contribution in [2.45, 2.75) is 25.4 Å². The van der Waals surface area contributed by atoms with Gasteiger partial charge in [0.2, 0.25) is 0 Å². The van der Waals surface area contributed by atoms with Gasteiger partial charge in [-0.3, -0.25) is 9.48 Å². The number of hydrogen-bond donors (Lipinski definition) is 2. The molecule has 182 valence electrons. The number of ketones is 1. The zero-order chi connectivity index (χ0) is 25.2. The van der Waals surface area contributed by atoms with E-state index < -0.39 is 6.04 Å². The fraction of sp³-hybridized carbons (Fsp3) is 0.172. The summed E-state index contributed by atoms with van der Waals surface area (Å²) in [6, 6.07) is 20.9. The number of nitrogens with one attached hydrogen (secondary N) is 2. The second-order valence-corrected chi connectivity index (χ2v) is 9.92. The number of aryl methyl sites for hydroxylation is 1. The van der Waals surface area contributed by atoms with Crippen molar-refractivity contribution in [3.8, 4) is 11.1 Å². The van der Waals surface area contributed by atoms with E-state index in [-0.39, 0.29) is 11.8 Å². The number of aromatic nitrogens is 3. The van der Waals surface area contributed by atoms with Crippen LogP contribution >= 0.6 is 23.2 Å². The summed E-state index contributed by atoms with van der Waals surface area (Å²) >= 11 is 12.5. The van der Waals surface area contributed by atoms with Gasteiger partial charge in [-0.25, -0.2) is 0 Å². The molecule has 2 N–H and O–H groups in total. The maximum atomic E-state index is 13.9. The Hall–Kier alpha value is -3.38. The van der Waals surface area contributed by atoms with Gasteiger partial charge < -0.3 is 10.3 Å². The number of hydrogen-bond acceptors (Lipinski definition) is 3. The molecule has 36 heavy (non-hydrogen) atoms. The summed E-state index contributed by atoms with van der Waals surface area (Å²) < 4.78 is 1.78. The Balaban J connectivity index is 1.44. The maximum Gasteiger partial charge on any atom is 0.186 e. The monoisotopic (exact) mass is 516 g/mol. The van der Waals surface area contributed by atoms with Crippen molar-refractivity contribution in [3.05, 3.63) is 112 Å². The molecule has 0 bridgehead atoms. The molecule has 3 aromatic carbocycles. The van der Waals surface area contributed by atoms with Gasteiger partial charge in [0.25, 0.3) is 0 Å². The number of nitrogens with zero attached hydrogens (tertiary/aromatic N) is 2. The molecule has 2 atom stereocenters. The van der Waals surface area contributed by atoms with Crippen LogP contribution in [-0.2, 0) is 13.5 Å². The van der Waals surface area contributed by atoms with E-state index in [0.29, 0.717) is 22.0 Å². The Labute approximate surface area is 220 Å². The van der Waals surface area contributed by atoms with Crippen LogP contribution in [0.15, 0.2) is 85.3 Å². The van der Waals surface area contributed by atoms with Gasteiger partial charge in [-0.2, -0.15) is 5.10 Å². The van der Waals surface area contributed by atoms with Crippen LogP contribution in [0.2, 0.25) is 10.0 Å². The highest BCUT2D eigenvalue weighted by Gasteiger charge is 2.26. The average molecular weight is 517 g/mol. The van der Waals surface area contributed by atoms with Crippen LogP contribution in [0.5, 0.6) is 0 Å². The quantitative estimate of drug-likeness (QED) is 0.218. The Morgan fingerprint density at radius 2 is 1.86 bits per heavy atom. The maximum absolute atomic E-state index is 13.9. The average Bonchev–Trinajstić information content (AvgIpc) is 3.50. The van der Waals surface area contributed by atoms with E-state index in [9.17, 15) is 4.79 Å². The van der Waals surface area contributed by atoms with E-state index in [2.05, 4.69) is 28.4 Å². The standard InChI is InChI=1S/C29H26Cl2N4O/c1-18(12-21-8-10-23(30)14-26(21)31)34-28(19-6-4-3-5-7-19)29(36)25-16-32-27-13-20(9-11-24(25)27)22-15-33-35(2)17-22/h3-11,13-18,28,32,34H,12H2,1-2H3/t18-,28+/m1/s1. The second kappa shape index (κ2) is 10.3. The van der Waals surface area contributed by atoms with Crippen molar-refractivity contribution >= 4 is 39.9 Å². The first-order chi connectivity index (χ1) is 17.4. The SMILES string of the molecule is C[C@H](Cc1ccc(Cl)cc1Cl)N[C@H](C(=O)c1c[nH]c2cc(-c3cnn(C)c3)ccc12)c1ccccc1. The number of aromatic amines is 1. The van der Waals surface area contributed by atoms with Gasteiger partial charge in [-0.15, -0.1) is 0 Å². The van der Waals surface area contributed by atoms with Crippen molar-refractivity contribution < 1.29 is 4.79 Å². The van der Waals surface area contributed by atoms with Crippen molar-refractivity contribution in [1.82, 2.24) is 20.1 Å². The molecule has 0 aliphatic rings. The Morgan fingerprint density at radius 3 is 2.58 bits per heavy atom. The first-order valence-electron chi connectivity index (χ1n) is 11.8. The minimum absolute atomic E-state index is 0.00984. The highest BCUT2D eigenvalue weighted by atomic mass is 35.5. The fourth-order valence-corrected chi connectivity index (χ4v) is 5.05. The number of fused-ring (bicyclic) bond motifs is 1. The predicted octanol–water partition coefficient (Wildman–Crippen LogP) is 7.02. The van der Waals surface area contributed by atoms with Crippen LogP contribution in [0, 0.1) is 0 Å². The molecule has 5 aromatic rings. The van der Waals surface area contributed by atoms with Crippen LogP contribution in [0.25, 0.3) is 22.0 Å². The van der Waals surface area contributed by atoms with E-state index >= 15 is 0 Å². The number of rotatable bonds is 8. The van der Waals surface area contributed by atoms with E-state index in [4.69, 9.17) is 23.2 Å². The minimum atomic E-state index is -0.510. The van der Waals surface area contributed by atoms with Crippen molar-refractivity contribution in [3.63, 3.8) is 0 Å². The molecule has 0 amide bonds. The first-order valence-corrected chi connectivity index (χ1v) is 12.5. The molecule has 2 heterocycles. The van der Waals surface area contributed by atoms with Gasteiger partial charge in [0.1, 0.15) is 0 Å². The van der Waals surface area contributed by atoms with Crippen LogP contribution in [0.3, 0.4) is 0 Å². The molecule has 0 aliphatic carbocycles. The lowest BCUT2D eigenvalue weighted by atomic mass is 9.95. The Bertz CT molecular complexity index is 1520. The summed E-state index contributed by atoms with van der Waals surface area (Å²) in [6.07, 6.45) is 6.27. The molecule has 0 spiro atoms. The highest BCUT2D eigenvalue weighted by molar-refractivity contribution is 6.35. The lowest BCUT2D eigenvalue weighted by molar-refractivity contribution is 0.0938. The van der Waals surface area contributed by atoms with Crippen LogP contribution in [-0.4, -0.2) is 26.6 Å². The molecule has 0 saturated carbocycles. The topological polar surface area (TPSA) is 62.7 Å². The summed E-state index contributed by atoms with van der Waals surface area (Å²) in [5, 5.41) is 9.93. The van der Waals surface area contributed by atoms with Gasteiger partial charge in [0.15, 0.2) is 5.78 Å². The highest BCUT2D eigenvalue weighted by Crippen LogP contribution is 2.29. The van der Waals surface area contributed by atoms with Crippen molar-refractivity contribution in [2.24, 2.45) is 7.05 Å². The molecule has 0 fully saturated rings. The Kier molecular flexibility index (Phi) is 6.97. The third-order valence-electron chi connectivity index (χ3n) is 6.37. The molecular weight excluding hydrogens is 491 g/mol. The van der Waals surface area contributed by atoms with E-state index in [1.54, 1.807) is 16.9 Å². The second-order valence-electron chi connectivity index (χ2n) is 9.08. The van der Waals surface area contributed by atoms with E-state index in [1.165, 1.54) is 0 Å². The van der Waals surface area contributed by atoms with Gasteiger partial charge >= 0.3 is 0 Å². The van der Waals surface area contributed by atoms with Gasteiger partial charge in [0, 0.05) is 57.6 Å². The molecule has 0 radical (unpaired) electrons. The Morgan fingerprint density at radius 1 is 1.06 bits per heavy atom. The number of benzene rings is 3. The minimum Gasteiger partial charge on any atom is -0.360 e. The number of carbonyl (C=O) groups excluding carboxylic acids is 1. The van der Waals surface area contributed by atoms with Crippen LogP contribution in [0.1, 0.15) is 34.5 Å². The summed E-state index contributed by atoms with van der Waals surface area (Å²) in [5.41, 5.74) is 5.53. The van der Waals surface area contributed by atoms with E-state index in [0.717, 1.165) is 33.2 Å². The van der Waals surface area contributed by atoms with Crippen LogP contribution in [0.4, 0.5) is 0 Å². The zero-order valence-corrected chi connectivity index (χ0v) is 21.5. The molecule has 5 rings (SSSR count). The molecule has 0 unspecified atom stereocenters. The summed E-state index contributed by atoms with van der Waals surface area (Å²) in [7, 11) is 1.89. The van der Waals surface area contributed by atoms with Gasteiger partial charge in [-0.05, 0) is 48.2 Å². The summed E-state index contributed by atoms with van der Waals surface area (Å²) in [5.74, 6) is 0.00984. The number of H-pyrrole nitrogens is 1. The molecule has 5 nitrogen and oxygen atoms in total. The van der Waals surface area contributed by atoms with Crippen molar-refractivity contribution in [2.75, 3.05) is 0 Å². The third kappa shape index (κ3) is 5.09.